The van der Waals surface area contributed by atoms with Gasteiger partial charge in [0.2, 0.25) is 0 Å². The molecule has 0 saturated carbocycles. The Balaban J connectivity index is 2.11. The largest absolute Gasteiger partial charge is 0.384 e. The van der Waals surface area contributed by atoms with Crippen LogP contribution in [0.3, 0.4) is 0 Å². The van der Waals surface area contributed by atoms with E-state index in [-0.39, 0.29) is 5.82 Å². The number of thioether (sulfide) groups is 1. The Morgan fingerprint density at radius 1 is 1.26 bits per heavy atom. The van der Waals surface area contributed by atoms with Gasteiger partial charge in [-0.05, 0) is 30.2 Å². The number of aryl methyl sites for hydroxylation is 1. The van der Waals surface area contributed by atoms with Gasteiger partial charge in [0.05, 0.1) is 0 Å². The van der Waals surface area contributed by atoms with E-state index in [1.165, 1.54) is 23.9 Å². The van der Waals surface area contributed by atoms with Gasteiger partial charge in [-0.2, -0.15) is 0 Å². The molecule has 2 rings (SSSR count). The van der Waals surface area contributed by atoms with Crippen molar-refractivity contribution in [3.8, 4) is 0 Å². The highest BCUT2D eigenvalue weighted by Crippen LogP contribution is 2.23. The van der Waals surface area contributed by atoms with Crippen LogP contribution in [0.1, 0.15) is 18.2 Å². The average molecular weight is 342 g/mol. The maximum Gasteiger partial charge on any atom is 0.190 e. The minimum atomic E-state index is -0.257. The Morgan fingerprint density at radius 2 is 2.05 bits per heavy atom. The summed E-state index contributed by atoms with van der Waals surface area (Å²) < 4.78 is 14.0. The number of hydrogen-bond donors (Lipinski definition) is 1. The molecule has 0 unspecified atom stereocenters. The van der Waals surface area contributed by atoms with Gasteiger partial charge in [0.15, 0.2) is 5.16 Å². The van der Waals surface area contributed by atoms with Crippen LogP contribution in [0.25, 0.3) is 0 Å². The molecule has 100 valence electrons. The third-order valence-electron chi connectivity index (χ3n) is 2.43. The van der Waals surface area contributed by atoms with Gasteiger partial charge in [-0.1, -0.05) is 34.6 Å². The zero-order chi connectivity index (χ0) is 13.8. The van der Waals surface area contributed by atoms with Gasteiger partial charge in [-0.25, -0.2) is 14.4 Å². The Morgan fingerprint density at radius 3 is 2.74 bits per heavy atom. The molecule has 0 saturated heterocycles. The highest BCUT2D eigenvalue weighted by Gasteiger charge is 2.05. The van der Waals surface area contributed by atoms with Gasteiger partial charge >= 0.3 is 0 Å². The predicted molar refractivity (Wildman–Crippen MR) is 79.5 cm³/mol. The molecule has 1 heterocycles. The molecule has 19 heavy (non-hydrogen) atoms. The van der Waals surface area contributed by atoms with E-state index in [2.05, 4.69) is 25.9 Å². The van der Waals surface area contributed by atoms with Gasteiger partial charge in [0.25, 0.3) is 0 Å². The van der Waals surface area contributed by atoms with Crippen molar-refractivity contribution in [2.24, 2.45) is 0 Å². The number of hydrogen-bond acceptors (Lipinski definition) is 4. The highest BCUT2D eigenvalue weighted by atomic mass is 79.9. The molecule has 3 nitrogen and oxygen atoms in total. The highest BCUT2D eigenvalue weighted by molar-refractivity contribution is 9.10. The van der Waals surface area contributed by atoms with Crippen LogP contribution < -0.4 is 5.73 Å². The summed E-state index contributed by atoms with van der Waals surface area (Å²) in [5, 5.41) is 0.622. The first-order valence-electron chi connectivity index (χ1n) is 5.78. The Kier molecular flexibility index (Phi) is 4.76. The van der Waals surface area contributed by atoms with Gasteiger partial charge in [0.1, 0.15) is 11.6 Å². The zero-order valence-corrected chi connectivity index (χ0v) is 12.8. The fraction of sp³-hybridized carbons (Fsp3) is 0.231. The lowest BCUT2D eigenvalue weighted by atomic mass is 10.2. The summed E-state index contributed by atoms with van der Waals surface area (Å²) in [4.78, 5) is 8.54. The number of nitrogens with zero attached hydrogens (tertiary/aromatic N) is 2. The smallest absolute Gasteiger partial charge is 0.190 e. The first-order valence-corrected chi connectivity index (χ1v) is 7.56. The lowest BCUT2D eigenvalue weighted by Crippen LogP contribution is -1.99. The molecule has 1 aromatic heterocycles. The standard InChI is InChI=1S/C13H13BrFN3S/c1-2-11-6-12(16)18-13(17-11)19-7-8-3-9(14)5-10(15)4-8/h3-6H,2,7H2,1H3,(H2,16,17,18). The monoisotopic (exact) mass is 341 g/mol. The van der Waals surface area contributed by atoms with Crippen LogP contribution in [-0.2, 0) is 12.2 Å². The third-order valence-corrected chi connectivity index (χ3v) is 3.81. The summed E-state index contributed by atoms with van der Waals surface area (Å²) in [6.07, 6.45) is 0.811. The molecule has 0 atom stereocenters. The van der Waals surface area contributed by atoms with Crippen molar-refractivity contribution in [1.82, 2.24) is 9.97 Å². The van der Waals surface area contributed by atoms with E-state index < -0.39 is 0 Å². The summed E-state index contributed by atoms with van der Waals surface area (Å²) >= 11 is 4.72. The normalized spacial score (nSPS) is 10.7. The molecule has 1 aromatic carbocycles. The first-order chi connectivity index (χ1) is 9.06. The predicted octanol–water partition coefficient (Wildman–Crippen LogP) is 3.82. The van der Waals surface area contributed by atoms with Crippen LogP contribution in [-0.4, -0.2) is 9.97 Å². The number of benzene rings is 1. The SMILES string of the molecule is CCc1cc(N)nc(SCc2cc(F)cc(Br)c2)n1. The minimum absolute atomic E-state index is 0.257. The number of nitrogens with two attached hydrogens (primary N) is 1. The van der Waals surface area contributed by atoms with E-state index in [4.69, 9.17) is 5.73 Å². The van der Waals surface area contributed by atoms with E-state index in [0.29, 0.717) is 16.7 Å². The summed E-state index contributed by atoms with van der Waals surface area (Å²) in [6, 6.07) is 6.58. The van der Waals surface area contributed by atoms with Gasteiger partial charge in [-0.3, -0.25) is 0 Å². The van der Waals surface area contributed by atoms with Crippen LogP contribution >= 0.6 is 27.7 Å². The molecule has 0 aliphatic heterocycles. The second-order valence-corrected chi connectivity index (χ2v) is 5.84. The fourth-order valence-electron chi connectivity index (χ4n) is 1.58. The molecule has 0 fully saturated rings. The second kappa shape index (κ2) is 6.34. The molecular formula is C13H13BrFN3S. The summed E-state index contributed by atoms with van der Waals surface area (Å²) in [6.45, 7) is 2.01. The molecule has 2 N–H and O–H groups in total. The van der Waals surface area contributed by atoms with Crippen molar-refractivity contribution in [3.05, 3.63) is 45.8 Å². The Hall–Kier alpha value is -1.14. The minimum Gasteiger partial charge on any atom is -0.384 e. The van der Waals surface area contributed by atoms with Gasteiger partial charge in [0, 0.05) is 22.0 Å². The quantitative estimate of drug-likeness (QED) is 0.678. The maximum atomic E-state index is 13.2. The lowest BCUT2D eigenvalue weighted by molar-refractivity contribution is 0.625. The molecule has 0 radical (unpaired) electrons. The first kappa shape index (κ1) is 14.3. The van der Waals surface area contributed by atoms with Crippen molar-refractivity contribution in [1.29, 1.82) is 0 Å². The fourth-order valence-corrected chi connectivity index (χ4v) is 2.91. The van der Waals surface area contributed by atoms with Crippen molar-refractivity contribution in [3.63, 3.8) is 0 Å². The summed E-state index contributed by atoms with van der Waals surface area (Å²) in [5.41, 5.74) is 7.51. The molecular weight excluding hydrogens is 329 g/mol. The van der Waals surface area contributed by atoms with Gasteiger partial charge < -0.3 is 5.73 Å². The van der Waals surface area contributed by atoms with Crippen LogP contribution in [0.5, 0.6) is 0 Å². The molecule has 2 aromatic rings. The molecule has 0 aliphatic carbocycles. The van der Waals surface area contributed by atoms with Crippen molar-refractivity contribution >= 4 is 33.5 Å². The van der Waals surface area contributed by atoms with Crippen molar-refractivity contribution in [2.75, 3.05) is 5.73 Å². The topological polar surface area (TPSA) is 51.8 Å². The average Bonchev–Trinajstić information content (AvgIpc) is 2.34. The van der Waals surface area contributed by atoms with Crippen molar-refractivity contribution in [2.45, 2.75) is 24.3 Å². The van der Waals surface area contributed by atoms with Crippen LogP contribution in [0.2, 0.25) is 0 Å². The van der Waals surface area contributed by atoms with E-state index in [1.54, 1.807) is 6.07 Å². The molecule has 6 heteroatoms. The van der Waals surface area contributed by atoms with E-state index >= 15 is 0 Å². The van der Waals surface area contributed by atoms with Gasteiger partial charge in [-0.15, -0.1) is 0 Å². The summed E-state index contributed by atoms with van der Waals surface area (Å²) in [5.74, 6) is 0.811. The lowest BCUT2D eigenvalue weighted by Gasteiger charge is -2.05. The number of halogens is 2. The van der Waals surface area contributed by atoms with Crippen LogP contribution in [0.4, 0.5) is 10.2 Å². The van der Waals surface area contributed by atoms with E-state index in [1.807, 2.05) is 13.0 Å². The third kappa shape index (κ3) is 4.18. The Labute approximate surface area is 124 Å². The molecule has 0 bridgehead atoms. The molecule has 0 spiro atoms. The van der Waals surface area contributed by atoms with E-state index in [0.717, 1.165) is 22.2 Å². The number of aromatic nitrogens is 2. The maximum absolute atomic E-state index is 13.2. The Bertz CT molecular complexity index is 572. The molecule has 0 aliphatic rings. The number of nitrogen functional groups attached to an aromatic ring is 1. The number of anilines is 1. The van der Waals surface area contributed by atoms with Crippen LogP contribution in [0, 0.1) is 5.82 Å². The zero-order valence-electron chi connectivity index (χ0n) is 10.4. The molecule has 0 amide bonds. The number of rotatable bonds is 4. The van der Waals surface area contributed by atoms with Crippen LogP contribution in [0.15, 0.2) is 33.9 Å². The van der Waals surface area contributed by atoms with E-state index in [9.17, 15) is 4.39 Å². The summed E-state index contributed by atoms with van der Waals surface area (Å²) in [7, 11) is 0. The second-order valence-electron chi connectivity index (χ2n) is 3.99. The van der Waals surface area contributed by atoms with Crippen molar-refractivity contribution < 1.29 is 4.39 Å².